The predicted molar refractivity (Wildman–Crippen MR) is 101 cm³/mol. The van der Waals surface area contributed by atoms with Crippen LogP contribution in [-0.4, -0.2) is 27.2 Å². The van der Waals surface area contributed by atoms with Crippen LogP contribution < -0.4 is 15.4 Å². The fourth-order valence-corrected chi connectivity index (χ4v) is 2.84. The van der Waals surface area contributed by atoms with Crippen molar-refractivity contribution < 1.29 is 14.3 Å². The van der Waals surface area contributed by atoms with Gasteiger partial charge in [-0.1, -0.05) is 42.5 Å². The lowest BCUT2D eigenvalue weighted by molar-refractivity contribution is -0.143. The summed E-state index contributed by atoms with van der Waals surface area (Å²) in [4.78, 5) is 25.2. The number of anilines is 2. The van der Waals surface area contributed by atoms with Crippen LogP contribution in [0.4, 0.5) is 11.5 Å². The summed E-state index contributed by atoms with van der Waals surface area (Å²) in [5.41, 5.74) is -0.0469. The van der Waals surface area contributed by atoms with E-state index >= 15 is 0 Å². The van der Waals surface area contributed by atoms with Crippen LogP contribution in [0.5, 0.6) is 5.75 Å². The average Bonchev–Trinajstić information content (AvgIpc) is 3.10. The molecular weight excluding hydrogens is 344 g/mol. The quantitative estimate of drug-likeness (QED) is 0.699. The molecule has 1 aliphatic heterocycles. The number of ether oxygens (including phenoxy) is 1. The molecule has 0 fully saturated rings. The first-order valence-corrected chi connectivity index (χ1v) is 8.53. The van der Waals surface area contributed by atoms with Crippen LogP contribution in [0.1, 0.15) is 12.5 Å². The van der Waals surface area contributed by atoms with E-state index in [4.69, 9.17) is 4.74 Å². The highest BCUT2D eigenvalue weighted by Crippen LogP contribution is 2.33. The summed E-state index contributed by atoms with van der Waals surface area (Å²) in [6.07, 6.45) is 1.77. The van der Waals surface area contributed by atoms with Crippen molar-refractivity contribution in [1.82, 2.24) is 9.78 Å². The predicted octanol–water partition coefficient (Wildman–Crippen LogP) is 2.66. The Bertz CT molecular complexity index is 999. The molecule has 7 nitrogen and oxygen atoms in total. The minimum Gasteiger partial charge on any atom is -0.466 e. The van der Waals surface area contributed by atoms with Crippen molar-refractivity contribution in [1.29, 1.82) is 0 Å². The van der Waals surface area contributed by atoms with Crippen LogP contribution in [0.3, 0.4) is 0 Å². The van der Waals surface area contributed by atoms with Gasteiger partial charge in [-0.2, -0.15) is 5.10 Å². The Morgan fingerprint density at radius 1 is 1.15 bits per heavy atom. The number of amides is 2. The van der Waals surface area contributed by atoms with Crippen LogP contribution in [0.25, 0.3) is 0 Å². The van der Waals surface area contributed by atoms with Crippen molar-refractivity contribution in [3.8, 4) is 5.75 Å². The second-order valence-electron chi connectivity index (χ2n) is 6.42. The number of aromatic nitrogens is 2. The molecule has 3 aromatic rings. The van der Waals surface area contributed by atoms with E-state index in [1.807, 2.05) is 30.3 Å². The average molecular weight is 362 g/mol. The van der Waals surface area contributed by atoms with Gasteiger partial charge in [0.15, 0.2) is 5.82 Å². The Kier molecular flexibility index (Phi) is 4.12. The topological polar surface area (TPSA) is 85.2 Å². The first-order chi connectivity index (χ1) is 13.0. The van der Waals surface area contributed by atoms with Crippen LogP contribution in [-0.2, 0) is 16.1 Å². The summed E-state index contributed by atoms with van der Waals surface area (Å²) < 4.78 is 7.42. The third kappa shape index (κ3) is 3.27. The van der Waals surface area contributed by atoms with Gasteiger partial charge in [-0.05, 0) is 24.6 Å². The molecule has 0 aliphatic carbocycles. The summed E-state index contributed by atoms with van der Waals surface area (Å²) in [7, 11) is 0. The van der Waals surface area contributed by atoms with Crippen molar-refractivity contribution in [3.05, 3.63) is 72.4 Å². The molecule has 0 spiro atoms. The second kappa shape index (κ2) is 6.60. The smallest absolute Gasteiger partial charge is 0.279 e. The molecule has 7 heteroatoms. The number of nitrogens with zero attached hydrogens (tertiary/aromatic N) is 2. The highest BCUT2D eigenvalue weighted by atomic mass is 16.5. The standard InChI is InChI=1S/C20H18N4O3/c1-20(18(25)21-15-9-5-6-10-16(15)27-20)19(26)22-17-11-12-24(23-17)13-14-7-3-2-4-8-14/h2-12H,13H2,1H3,(H,21,25)(H,22,23,26). The molecule has 1 atom stereocenters. The van der Waals surface area contributed by atoms with Crippen molar-refractivity contribution in [2.45, 2.75) is 19.1 Å². The molecule has 0 saturated heterocycles. The number of hydrogen-bond donors (Lipinski definition) is 2. The largest absolute Gasteiger partial charge is 0.466 e. The number of fused-ring (bicyclic) bond motifs is 1. The maximum Gasteiger partial charge on any atom is 0.279 e. The molecule has 1 aliphatic rings. The van der Waals surface area contributed by atoms with Gasteiger partial charge in [0.2, 0.25) is 0 Å². The van der Waals surface area contributed by atoms with Crippen molar-refractivity contribution in [2.75, 3.05) is 10.6 Å². The Balaban J connectivity index is 1.48. The Labute approximate surface area is 156 Å². The number of carbonyl (C=O) groups excluding carboxylic acids is 2. The maximum absolute atomic E-state index is 12.7. The van der Waals surface area contributed by atoms with Crippen LogP contribution >= 0.6 is 0 Å². The van der Waals surface area contributed by atoms with Crippen molar-refractivity contribution >= 4 is 23.3 Å². The number of rotatable bonds is 4. The van der Waals surface area contributed by atoms with Gasteiger partial charge < -0.3 is 15.4 Å². The van der Waals surface area contributed by atoms with Gasteiger partial charge in [-0.3, -0.25) is 14.3 Å². The lowest BCUT2D eigenvalue weighted by Crippen LogP contribution is -2.56. The fraction of sp³-hybridized carbons (Fsp3) is 0.150. The van der Waals surface area contributed by atoms with Crippen LogP contribution in [0.15, 0.2) is 66.9 Å². The molecule has 2 N–H and O–H groups in total. The molecule has 0 bridgehead atoms. The number of para-hydroxylation sites is 2. The van der Waals surface area contributed by atoms with Gasteiger partial charge in [-0.25, -0.2) is 0 Å². The van der Waals surface area contributed by atoms with E-state index in [1.165, 1.54) is 6.92 Å². The molecule has 1 aromatic heterocycles. The minimum atomic E-state index is -1.68. The number of benzene rings is 2. The van der Waals surface area contributed by atoms with E-state index < -0.39 is 17.4 Å². The SMILES string of the molecule is CC1(C(=O)Nc2ccn(Cc3ccccc3)n2)Oc2ccccc2NC1=O. The number of nitrogens with one attached hydrogen (secondary N) is 2. The summed E-state index contributed by atoms with van der Waals surface area (Å²) in [6, 6.07) is 18.5. The zero-order chi connectivity index (χ0) is 18.9. The summed E-state index contributed by atoms with van der Waals surface area (Å²) >= 11 is 0. The molecule has 136 valence electrons. The zero-order valence-corrected chi connectivity index (χ0v) is 14.7. The number of carbonyl (C=O) groups is 2. The van der Waals surface area contributed by atoms with Gasteiger partial charge in [0.1, 0.15) is 5.75 Å². The highest BCUT2D eigenvalue weighted by molar-refractivity contribution is 6.18. The first-order valence-electron chi connectivity index (χ1n) is 8.53. The Morgan fingerprint density at radius 3 is 2.70 bits per heavy atom. The van der Waals surface area contributed by atoms with Gasteiger partial charge >= 0.3 is 0 Å². The van der Waals surface area contributed by atoms with Gasteiger partial charge in [0.05, 0.1) is 12.2 Å². The summed E-state index contributed by atoms with van der Waals surface area (Å²) in [5, 5.41) is 9.71. The Hall–Kier alpha value is -3.61. The number of hydrogen-bond acceptors (Lipinski definition) is 4. The van der Waals surface area contributed by atoms with E-state index in [2.05, 4.69) is 15.7 Å². The van der Waals surface area contributed by atoms with E-state index in [-0.39, 0.29) is 0 Å². The molecule has 27 heavy (non-hydrogen) atoms. The normalized spacial score (nSPS) is 18.2. The van der Waals surface area contributed by atoms with Crippen molar-refractivity contribution in [2.24, 2.45) is 0 Å². The van der Waals surface area contributed by atoms with E-state index in [0.29, 0.717) is 23.8 Å². The van der Waals surface area contributed by atoms with Gasteiger partial charge in [-0.15, -0.1) is 0 Å². The van der Waals surface area contributed by atoms with Crippen LogP contribution in [0, 0.1) is 0 Å². The summed E-state index contributed by atoms with van der Waals surface area (Å²) in [5.74, 6) is -0.307. The minimum absolute atomic E-state index is 0.354. The Morgan fingerprint density at radius 2 is 1.89 bits per heavy atom. The lowest BCUT2D eigenvalue weighted by Gasteiger charge is -2.32. The van der Waals surface area contributed by atoms with Crippen molar-refractivity contribution in [3.63, 3.8) is 0 Å². The third-order valence-corrected chi connectivity index (χ3v) is 4.39. The zero-order valence-electron chi connectivity index (χ0n) is 14.7. The monoisotopic (exact) mass is 362 g/mol. The molecule has 1 unspecified atom stereocenters. The first kappa shape index (κ1) is 16.8. The summed E-state index contributed by atoms with van der Waals surface area (Å²) in [6.45, 7) is 2.02. The fourth-order valence-electron chi connectivity index (χ4n) is 2.84. The van der Waals surface area contributed by atoms with E-state index in [1.54, 1.807) is 41.2 Å². The van der Waals surface area contributed by atoms with E-state index in [0.717, 1.165) is 5.56 Å². The second-order valence-corrected chi connectivity index (χ2v) is 6.42. The lowest BCUT2D eigenvalue weighted by atomic mass is 10.0. The third-order valence-electron chi connectivity index (χ3n) is 4.39. The van der Waals surface area contributed by atoms with Crippen LogP contribution in [0.2, 0.25) is 0 Å². The molecule has 2 aromatic carbocycles. The molecule has 0 radical (unpaired) electrons. The maximum atomic E-state index is 12.7. The van der Waals surface area contributed by atoms with E-state index in [9.17, 15) is 9.59 Å². The van der Waals surface area contributed by atoms with Gasteiger partial charge in [0.25, 0.3) is 17.4 Å². The molecule has 2 heterocycles. The molecule has 4 rings (SSSR count). The van der Waals surface area contributed by atoms with Gasteiger partial charge in [0, 0.05) is 12.3 Å². The molecular formula is C20H18N4O3. The highest BCUT2D eigenvalue weighted by Gasteiger charge is 2.47. The molecule has 0 saturated carbocycles. The molecule has 2 amide bonds.